The average molecular weight is 267 g/mol. The van der Waals surface area contributed by atoms with Crippen molar-refractivity contribution in [3.8, 4) is 0 Å². The van der Waals surface area contributed by atoms with Crippen LogP contribution in [0.15, 0.2) is 24.3 Å². The maximum absolute atomic E-state index is 13.2. The number of carbonyl (C=O) groups excluding carboxylic acids is 2. The Morgan fingerprint density at radius 2 is 1.95 bits per heavy atom. The molecule has 104 valence electrons. The van der Waals surface area contributed by atoms with Crippen LogP contribution in [0.4, 0.5) is 10.1 Å². The number of primary amides is 1. The van der Waals surface area contributed by atoms with Crippen LogP contribution >= 0.6 is 0 Å². The fourth-order valence-corrected chi connectivity index (χ4v) is 1.51. The third-order valence-corrected chi connectivity index (χ3v) is 2.46. The highest BCUT2D eigenvalue weighted by Crippen LogP contribution is 2.11. The molecule has 0 aromatic heterocycles. The molecule has 2 amide bonds. The van der Waals surface area contributed by atoms with Crippen LogP contribution in [0.25, 0.3) is 0 Å². The molecule has 0 unspecified atom stereocenters. The molecule has 5 nitrogen and oxygen atoms in total. The lowest BCUT2D eigenvalue weighted by molar-refractivity contribution is -0.118. The van der Waals surface area contributed by atoms with Crippen molar-refractivity contribution in [1.29, 1.82) is 0 Å². The second-order valence-electron chi connectivity index (χ2n) is 4.13. The zero-order chi connectivity index (χ0) is 14.1. The molecular formula is C13H18FN3O2. The number of benzene rings is 1. The van der Waals surface area contributed by atoms with E-state index in [1.807, 2.05) is 0 Å². The topological polar surface area (TPSA) is 84.2 Å². The van der Waals surface area contributed by atoms with Crippen LogP contribution in [0.1, 0.15) is 19.3 Å². The van der Waals surface area contributed by atoms with Gasteiger partial charge in [-0.3, -0.25) is 9.59 Å². The van der Waals surface area contributed by atoms with E-state index in [0.717, 1.165) is 6.42 Å². The first-order valence-corrected chi connectivity index (χ1v) is 6.13. The van der Waals surface area contributed by atoms with Gasteiger partial charge in [-0.25, -0.2) is 4.39 Å². The second-order valence-corrected chi connectivity index (χ2v) is 4.13. The summed E-state index contributed by atoms with van der Waals surface area (Å²) < 4.78 is 13.2. The number of para-hydroxylation sites is 1. The first kappa shape index (κ1) is 15.1. The summed E-state index contributed by atoms with van der Waals surface area (Å²) in [6.45, 7) is 0.711. The molecule has 6 heteroatoms. The molecule has 0 aliphatic rings. The fraction of sp³-hybridized carbons (Fsp3) is 0.385. The highest BCUT2D eigenvalue weighted by atomic mass is 19.1. The third kappa shape index (κ3) is 6.52. The summed E-state index contributed by atoms with van der Waals surface area (Å²) in [6, 6.07) is 5.99. The second kappa shape index (κ2) is 8.20. The van der Waals surface area contributed by atoms with Crippen molar-refractivity contribution in [1.82, 2.24) is 5.32 Å². The van der Waals surface area contributed by atoms with Gasteiger partial charge in [-0.05, 0) is 31.5 Å². The minimum Gasteiger partial charge on any atom is -0.370 e. The number of nitrogens with one attached hydrogen (secondary N) is 2. The van der Waals surface area contributed by atoms with Crippen molar-refractivity contribution in [3.05, 3.63) is 30.1 Å². The number of hydrogen-bond donors (Lipinski definition) is 3. The van der Waals surface area contributed by atoms with Crippen LogP contribution in [0.3, 0.4) is 0 Å². The Balaban J connectivity index is 2.15. The first-order valence-electron chi connectivity index (χ1n) is 6.13. The summed E-state index contributed by atoms with van der Waals surface area (Å²) in [5.74, 6) is -1.09. The molecule has 0 spiro atoms. The van der Waals surface area contributed by atoms with Crippen molar-refractivity contribution in [2.24, 2.45) is 5.73 Å². The Morgan fingerprint density at radius 3 is 2.63 bits per heavy atom. The molecule has 19 heavy (non-hydrogen) atoms. The zero-order valence-corrected chi connectivity index (χ0v) is 10.6. The van der Waals surface area contributed by atoms with E-state index >= 15 is 0 Å². The van der Waals surface area contributed by atoms with Gasteiger partial charge in [-0.1, -0.05) is 12.1 Å². The van der Waals surface area contributed by atoms with Crippen molar-refractivity contribution >= 4 is 17.5 Å². The quantitative estimate of drug-likeness (QED) is 0.615. The van der Waals surface area contributed by atoms with Gasteiger partial charge in [0.15, 0.2) is 0 Å². The lowest BCUT2D eigenvalue weighted by Crippen LogP contribution is -2.29. The average Bonchev–Trinajstić information content (AvgIpc) is 2.36. The van der Waals surface area contributed by atoms with Crippen LogP contribution < -0.4 is 16.4 Å². The van der Waals surface area contributed by atoms with Crippen molar-refractivity contribution in [2.75, 3.05) is 18.4 Å². The molecule has 0 aliphatic heterocycles. The molecule has 0 saturated heterocycles. The number of nitrogens with two attached hydrogens (primary N) is 1. The molecule has 4 N–H and O–H groups in total. The Morgan fingerprint density at radius 1 is 1.21 bits per heavy atom. The van der Waals surface area contributed by atoms with E-state index in [1.54, 1.807) is 12.1 Å². The Kier molecular flexibility index (Phi) is 6.52. The minimum atomic E-state index is -0.461. The standard InChI is InChI=1S/C13H18FN3O2/c14-10-5-1-2-6-11(10)17-13(19)9-16-8-4-3-7-12(15)18/h1-2,5-6,16H,3-4,7-9H2,(H2,15,18)(H,17,19). The maximum atomic E-state index is 13.2. The maximum Gasteiger partial charge on any atom is 0.238 e. The molecule has 1 aromatic carbocycles. The Hall–Kier alpha value is -1.95. The highest BCUT2D eigenvalue weighted by Gasteiger charge is 2.05. The predicted octanol–water partition coefficient (Wildman–Crippen LogP) is 1.01. The molecular weight excluding hydrogens is 249 g/mol. The van der Waals surface area contributed by atoms with Gasteiger partial charge in [-0.15, -0.1) is 0 Å². The van der Waals surface area contributed by atoms with Gasteiger partial charge in [0.1, 0.15) is 5.82 Å². The first-order chi connectivity index (χ1) is 9.09. The lowest BCUT2D eigenvalue weighted by Gasteiger charge is -2.07. The van der Waals surface area contributed by atoms with Gasteiger partial charge < -0.3 is 16.4 Å². The van der Waals surface area contributed by atoms with Crippen LogP contribution in [0, 0.1) is 5.82 Å². The van der Waals surface area contributed by atoms with Crippen LogP contribution in [0.2, 0.25) is 0 Å². The normalized spacial score (nSPS) is 10.2. The molecule has 0 radical (unpaired) electrons. The summed E-state index contributed by atoms with van der Waals surface area (Å²) >= 11 is 0. The molecule has 0 saturated carbocycles. The van der Waals surface area contributed by atoms with Crippen molar-refractivity contribution in [3.63, 3.8) is 0 Å². The predicted molar refractivity (Wildman–Crippen MR) is 70.9 cm³/mol. The highest BCUT2D eigenvalue weighted by molar-refractivity contribution is 5.92. The minimum absolute atomic E-state index is 0.102. The van der Waals surface area contributed by atoms with Gasteiger partial charge in [0.05, 0.1) is 12.2 Å². The molecule has 0 fully saturated rings. The van der Waals surface area contributed by atoms with E-state index in [2.05, 4.69) is 10.6 Å². The van der Waals surface area contributed by atoms with E-state index in [4.69, 9.17) is 5.73 Å². The van der Waals surface area contributed by atoms with Gasteiger partial charge in [0, 0.05) is 6.42 Å². The van der Waals surface area contributed by atoms with Crippen LogP contribution in [-0.4, -0.2) is 24.9 Å². The number of rotatable bonds is 8. The van der Waals surface area contributed by atoms with Crippen LogP contribution in [-0.2, 0) is 9.59 Å². The fourth-order valence-electron chi connectivity index (χ4n) is 1.51. The number of anilines is 1. The number of amides is 2. The SMILES string of the molecule is NC(=O)CCCCNCC(=O)Nc1ccccc1F. The molecule has 0 bridgehead atoms. The third-order valence-electron chi connectivity index (χ3n) is 2.46. The number of unbranched alkanes of at least 4 members (excludes halogenated alkanes) is 1. The Bertz CT molecular complexity index is 438. The van der Waals surface area contributed by atoms with Gasteiger partial charge >= 0.3 is 0 Å². The molecule has 1 aromatic rings. The van der Waals surface area contributed by atoms with E-state index in [1.165, 1.54) is 12.1 Å². The zero-order valence-electron chi connectivity index (χ0n) is 10.6. The molecule has 0 aliphatic carbocycles. The summed E-state index contributed by atoms with van der Waals surface area (Å²) in [7, 11) is 0. The monoisotopic (exact) mass is 267 g/mol. The van der Waals surface area contributed by atoms with E-state index in [0.29, 0.717) is 19.4 Å². The van der Waals surface area contributed by atoms with Crippen LogP contribution in [0.5, 0.6) is 0 Å². The van der Waals surface area contributed by atoms with Gasteiger partial charge in [-0.2, -0.15) is 0 Å². The van der Waals surface area contributed by atoms with E-state index in [9.17, 15) is 14.0 Å². The number of hydrogen-bond acceptors (Lipinski definition) is 3. The molecule has 0 heterocycles. The van der Waals surface area contributed by atoms with E-state index < -0.39 is 5.82 Å². The summed E-state index contributed by atoms with van der Waals surface area (Å²) in [6.07, 6.45) is 1.80. The number of carbonyl (C=O) groups is 2. The molecule has 0 atom stereocenters. The summed E-state index contributed by atoms with van der Waals surface area (Å²) in [5.41, 5.74) is 5.17. The van der Waals surface area contributed by atoms with E-state index in [-0.39, 0.29) is 24.0 Å². The Labute approximate surface area is 111 Å². The smallest absolute Gasteiger partial charge is 0.238 e. The number of halogens is 1. The van der Waals surface area contributed by atoms with Gasteiger partial charge in [0.25, 0.3) is 0 Å². The summed E-state index contributed by atoms with van der Waals surface area (Å²) in [5, 5.41) is 5.38. The van der Waals surface area contributed by atoms with Crippen molar-refractivity contribution < 1.29 is 14.0 Å². The van der Waals surface area contributed by atoms with Crippen molar-refractivity contribution in [2.45, 2.75) is 19.3 Å². The lowest BCUT2D eigenvalue weighted by atomic mass is 10.2. The largest absolute Gasteiger partial charge is 0.370 e. The molecule has 1 rings (SSSR count). The van der Waals surface area contributed by atoms with Gasteiger partial charge in [0.2, 0.25) is 11.8 Å². The summed E-state index contributed by atoms with van der Waals surface area (Å²) in [4.78, 5) is 22.0.